The van der Waals surface area contributed by atoms with Crippen molar-refractivity contribution in [2.45, 2.75) is 0 Å². The average Bonchev–Trinajstić information content (AvgIpc) is 2.33. The Bertz CT molecular complexity index is 486. The van der Waals surface area contributed by atoms with Crippen LogP contribution in [0.4, 0.5) is 0 Å². The molecule has 0 aliphatic heterocycles. The van der Waals surface area contributed by atoms with Crippen molar-refractivity contribution in [1.82, 2.24) is 9.97 Å². The van der Waals surface area contributed by atoms with Gasteiger partial charge in [0.15, 0.2) is 0 Å². The Kier molecular flexibility index (Phi) is 3.08. The monoisotopic (exact) mass is 215 g/mol. The van der Waals surface area contributed by atoms with E-state index in [0.29, 0.717) is 11.3 Å². The zero-order valence-electron chi connectivity index (χ0n) is 8.32. The molecule has 1 N–H and O–H groups in total. The Morgan fingerprint density at radius 3 is 2.62 bits per heavy atom. The summed E-state index contributed by atoms with van der Waals surface area (Å²) in [4.78, 5) is 7.87. The summed E-state index contributed by atoms with van der Waals surface area (Å²) in [6, 6.07) is 9.09. The van der Waals surface area contributed by atoms with E-state index in [-0.39, 0.29) is 6.01 Å². The number of ether oxygens (including phenoxy) is 1. The van der Waals surface area contributed by atoms with Crippen LogP contribution in [0, 0.1) is 0 Å². The predicted molar refractivity (Wildman–Crippen MR) is 57.9 cm³/mol. The second kappa shape index (κ2) is 4.88. The molecular weight excluding hydrogens is 206 g/mol. The van der Waals surface area contributed by atoms with Gasteiger partial charge in [0.1, 0.15) is 5.75 Å². The molecule has 0 spiro atoms. The summed E-state index contributed by atoms with van der Waals surface area (Å²) in [6.07, 6.45) is 4.47. The number of nitrogens with zero attached hydrogens (tertiary/aromatic N) is 3. The van der Waals surface area contributed by atoms with Gasteiger partial charge < -0.3 is 9.94 Å². The Balaban J connectivity index is 2.28. The van der Waals surface area contributed by atoms with E-state index in [1.54, 1.807) is 30.6 Å². The Morgan fingerprint density at radius 2 is 1.88 bits per heavy atom. The maximum Gasteiger partial charge on any atom is 0.321 e. The SMILES string of the molecule is O/N=C\c1ccccc1Oc1ncccn1. The predicted octanol–water partition coefficient (Wildman–Crippen LogP) is 2.08. The molecule has 0 unspecified atom stereocenters. The maximum absolute atomic E-state index is 8.49. The standard InChI is InChI=1S/C11H9N3O2/c15-14-8-9-4-1-2-5-10(9)16-11-12-6-3-7-13-11/h1-8,15H/b14-8-. The summed E-state index contributed by atoms with van der Waals surface area (Å²) in [6.45, 7) is 0. The molecule has 2 aromatic rings. The van der Waals surface area contributed by atoms with Gasteiger partial charge in [0.05, 0.1) is 6.21 Å². The van der Waals surface area contributed by atoms with Gasteiger partial charge in [-0.05, 0) is 18.2 Å². The largest absolute Gasteiger partial charge is 0.424 e. The number of benzene rings is 1. The fraction of sp³-hybridized carbons (Fsp3) is 0. The highest BCUT2D eigenvalue weighted by molar-refractivity contribution is 5.83. The lowest BCUT2D eigenvalue weighted by atomic mass is 10.2. The number of rotatable bonds is 3. The third-order valence-corrected chi connectivity index (χ3v) is 1.86. The normalized spacial score (nSPS) is 10.5. The first-order chi connectivity index (χ1) is 7.90. The number of aromatic nitrogens is 2. The van der Waals surface area contributed by atoms with Crippen molar-refractivity contribution in [3.8, 4) is 11.8 Å². The van der Waals surface area contributed by atoms with E-state index in [0.717, 1.165) is 0 Å². The van der Waals surface area contributed by atoms with Crippen LogP contribution in [-0.4, -0.2) is 21.4 Å². The van der Waals surface area contributed by atoms with Gasteiger partial charge in [0.2, 0.25) is 0 Å². The lowest BCUT2D eigenvalue weighted by Crippen LogP contribution is -1.94. The van der Waals surface area contributed by atoms with Crippen LogP contribution in [0.25, 0.3) is 0 Å². The molecule has 2 rings (SSSR count). The second-order valence-electron chi connectivity index (χ2n) is 2.92. The van der Waals surface area contributed by atoms with E-state index in [1.165, 1.54) is 6.21 Å². The summed E-state index contributed by atoms with van der Waals surface area (Å²) in [5.41, 5.74) is 0.650. The third kappa shape index (κ3) is 2.33. The number of hydrogen-bond acceptors (Lipinski definition) is 5. The van der Waals surface area contributed by atoms with Gasteiger partial charge in [-0.15, -0.1) is 0 Å². The minimum atomic E-state index is 0.251. The molecule has 5 heteroatoms. The first-order valence-electron chi connectivity index (χ1n) is 4.61. The van der Waals surface area contributed by atoms with Gasteiger partial charge in [0.25, 0.3) is 0 Å². The van der Waals surface area contributed by atoms with Crippen LogP contribution in [0.2, 0.25) is 0 Å². The highest BCUT2D eigenvalue weighted by atomic mass is 16.5. The van der Waals surface area contributed by atoms with Crippen molar-refractivity contribution in [2.75, 3.05) is 0 Å². The third-order valence-electron chi connectivity index (χ3n) is 1.86. The second-order valence-corrected chi connectivity index (χ2v) is 2.92. The van der Waals surface area contributed by atoms with Gasteiger partial charge in [-0.25, -0.2) is 9.97 Å². The van der Waals surface area contributed by atoms with E-state index in [2.05, 4.69) is 15.1 Å². The Morgan fingerprint density at radius 1 is 1.12 bits per heavy atom. The average molecular weight is 215 g/mol. The summed E-state index contributed by atoms with van der Waals surface area (Å²) < 4.78 is 5.44. The molecule has 0 saturated carbocycles. The van der Waals surface area contributed by atoms with Crippen LogP contribution in [0.15, 0.2) is 47.9 Å². The summed E-state index contributed by atoms with van der Waals surface area (Å²) >= 11 is 0. The molecule has 0 radical (unpaired) electrons. The first-order valence-corrected chi connectivity index (χ1v) is 4.61. The van der Waals surface area contributed by atoms with Crippen LogP contribution >= 0.6 is 0 Å². The molecule has 0 aliphatic carbocycles. The van der Waals surface area contributed by atoms with Crippen LogP contribution in [0.3, 0.4) is 0 Å². The molecule has 5 nitrogen and oxygen atoms in total. The molecule has 1 aromatic heterocycles. The molecule has 80 valence electrons. The molecule has 0 saturated heterocycles. The topological polar surface area (TPSA) is 67.6 Å². The fourth-order valence-corrected chi connectivity index (χ4v) is 1.18. The van der Waals surface area contributed by atoms with Crippen molar-refractivity contribution in [2.24, 2.45) is 5.16 Å². The molecular formula is C11H9N3O2. The minimum absolute atomic E-state index is 0.251. The fourth-order valence-electron chi connectivity index (χ4n) is 1.18. The molecule has 1 heterocycles. The maximum atomic E-state index is 8.49. The van der Waals surface area contributed by atoms with Crippen LogP contribution in [0.5, 0.6) is 11.8 Å². The van der Waals surface area contributed by atoms with E-state index in [4.69, 9.17) is 9.94 Å². The lowest BCUT2D eigenvalue weighted by molar-refractivity contribution is 0.321. The Hall–Kier alpha value is -2.43. The summed E-state index contributed by atoms with van der Waals surface area (Å²) in [5.74, 6) is 0.534. The van der Waals surface area contributed by atoms with E-state index < -0.39 is 0 Å². The highest BCUT2D eigenvalue weighted by Crippen LogP contribution is 2.20. The molecule has 0 amide bonds. The van der Waals surface area contributed by atoms with Crippen molar-refractivity contribution >= 4 is 6.21 Å². The number of para-hydroxylation sites is 1. The van der Waals surface area contributed by atoms with E-state index >= 15 is 0 Å². The van der Waals surface area contributed by atoms with E-state index in [1.807, 2.05) is 12.1 Å². The van der Waals surface area contributed by atoms with Gasteiger partial charge in [-0.1, -0.05) is 17.3 Å². The van der Waals surface area contributed by atoms with Crippen molar-refractivity contribution in [1.29, 1.82) is 0 Å². The van der Waals surface area contributed by atoms with Gasteiger partial charge in [0, 0.05) is 18.0 Å². The van der Waals surface area contributed by atoms with Crippen molar-refractivity contribution in [3.05, 3.63) is 48.3 Å². The van der Waals surface area contributed by atoms with Gasteiger partial charge in [-0.3, -0.25) is 0 Å². The molecule has 0 atom stereocenters. The van der Waals surface area contributed by atoms with E-state index in [9.17, 15) is 0 Å². The van der Waals surface area contributed by atoms with Crippen LogP contribution in [-0.2, 0) is 0 Å². The first kappa shape index (κ1) is 10.1. The molecule has 0 bridgehead atoms. The molecule has 0 aliphatic rings. The number of oxime groups is 1. The molecule has 0 fully saturated rings. The quantitative estimate of drug-likeness (QED) is 0.483. The number of hydrogen-bond donors (Lipinski definition) is 1. The smallest absolute Gasteiger partial charge is 0.321 e. The van der Waals surface area contributed by atoms with Crippen LogP contribution in [0.1, 0.15) is 5.56 Å². The molecule has 16 heavy (non-hydrogen) atoms. The summed E-state index contributed by atoms with van der Waals surface area (Å²) in [7, 11) is 0. The van der Waals surface area contributed by atoms with Gasteiger partial charge >= 0.3 is 6.01 Å². The highest BCUT2D eigenvalue weighted by Gasteiger charge is 2.03. The Labute approximate surface area is 92.0 Å². The van der Waals surface area contributed by atoms with Crippen LogP contribution < -0.4 is 4.74 Å². The lowest BCUT2D eigenvalue weighted by Gasteiger charge is -2.05. The minimum Gasteiger partial charge on any atom is -0.424 e. The zero-order chi connectivity index (χ0) is 11.2. The molecule has 1 aromatic carbocycles. The van der Waals surface area contributed by atoms with Crippen molar-refractivity contribution in [3.63, 3.8) is 0 Å². The summed E-state index contributed by atoms with van der Waals surface area (Å²) in [5, 5.41) is 11.5. The zero-order valence-corrected chi connectivity index (χ0v) is 8.32. The van der Waals surface area contributed by atoms with Crippen molar-refractivity contribution < 1.29 is 9.94 Å². The van der Waals surface area contributed by atoms with Gasteiger partial charge in [-0.2, -0.15) is 0 Å².